The van der Waals surface area contributed by atoms with E-state index in [1.54, 1.807) is 6.07 Å². The van der Waals surface area contributed by atoms with Gasteiger partial charge in [-0.15, -0.1) is 0 Å². The van der Waals surface area contributed by atoms with Crippen LogP contribution in [0, 0.1) is 11.8 Å². The minimum absolute atomic E-state index is 0.0881. The van der Waals surface area contributed by atoms with E-state index in [-0.39, 0.29) is 17.6 Å². The van der Waals surface area contributed by atoms with Gasteiger partial charge in [0.2, 0.25) is 0 Å². The number of carbonyl (C=O) groups is 1. The topological polar surface area (TPSA) is 46.5 Å². The van der Waals surface area contributed by atoms with Crippen molar-refractivity contribution in [1.82, 2.24) is 0 Å². The Bertz CT molecular complexity index is 1010. The molecule has 3 aliphatic carbocycles. The maximum Gasteiger partial charge on any atom is 0.156 e. The van der Waals surface area contributed by atoms with Gasteiger partial charge < -0.3 is 9.84 Å². The number of ether oxygens (including phenoxy) is 1. The fraction of sp³-hybridized carbons (Fsp3) is 0.483. The molecule has 1 saturated carbocycles. The van der Waals surface area contributed by atoms with Crippen molar-refractivity contribution in [2.45, 2.75) is 76.7 Å². The number of allylic oxidation sites excluding steroid dienone is 2. The van der Waals surface area contributed by atoms with Crippen LogP contribution in [0.3, 0.4) is 0 Å². The van der Waals surface area contributed by atoms with Crippen molar-refractivity contribution < 1.29 is 14.6 Å². The average molecular weight is 431 g/mol. The van der Waals surface area contributed by atoms with Gasteiger partial charge in [0.15, 0.2) is 5.78 Å². The number of carbonyl (C=O) groups excluding carboxylic acids is 1. The Kier molecular flexibility index (Phi) is 6.08. The molecule has 3 heteroatoms. The molecule has 0 amide bonds. The van der Waals surface area contributed by atoms with E-state index in [2.05, 4.69) is 43.3 Å². The lowest BCUT2D eigenvalue weighted by Crippen LogP contribution is -2.33. The van der Waals surface area contributed by atoms with E-state index >= 15 is 0 Å². The summed E-state index contributed by atoms with van der Waals surface area (Å²) in [7, 11) is 0. The van der Waals surface area contributed by atoms with E-state index in [0.29, 0.717) is 24.2 Å². The summed E-state index contributed by atoms with van der Waals surface area (Å²) in [5, 5.41) is 11.1. The lowest BCUT2D eigenvalue weighted by atomic mass is 9.59. The predicted molar refractivity (Wildman–Crippen MR) is 128 cm³/mol. The third kappa shape index (κ3) is 4.22. The number of hydrogen-bond acceptors (Lipinski definition) is 3. The van der Waals surface area contributed by atoms with Gasteiger partial charge in [-0.2, -0.15) is 0 Å². The van der Waals surface area contributed by atoms with Crippen LogP contribution >= 0.6 is 0 Å². The smallest absolute Gasteiger partial charge is 0.156 e. The highest BCUT2D eigenvalue weighted by molar-refractivity contribution is 6.00. The molecule has 32 heavy (non-hydrogen) atoms. The van der Waals surface area contributed by atoms with E-state index < -0.39 is 0 Å². The number of phenols is 1. The van der Waals surface area contributed by atoms with Crippen LogP contribution in [-0.2, 0) is 11.2 Å². The Hall–Kier alpha value is -2.55. The lowest BCUT2D eigenvalue weighted by Gasteiger charge is -2.45. The molecule has 168 valence electrons. The van der Waals surface area contributed by atoms with Crippen LogP contribution in [0.15, 0.2) is 48.5 Å². The number of benzene rings is 2. The quantitative estimate of drug-likeness (QED) is 0.546. The van der Waals surface area contributed by atoms with Crippen LogP contribution in [0.4, 0.5) is 0 Å². The highest BCUT2D eigenvalue weighted by Gasteiger charge is 2.43. The summed E-state index contributed by atoms with van der Waals surface area (Å²) in [6.45, 7) is 2.11. The van der Waals surface area contributed by atoms with Gasteiger partial charge in [0.05, 0.1) is 6.10 Å². The fourth-order valence-corrected chi connectivity index (χ4v) is 6.36. The number of rotatable bonds is 6. The molecule has 0 spiro atoms. The molecule has 5 rings (SSSR count). The molecular formula is C29H34O3. The summed E-state index contributed by atoms with van der Waals surface area (Å²) in [6, 6.07) is 14.5. The Balaban J connectivity index is 1.36. The largest absolute Gasteiger partial charge is 0.507 e. The summed E-state index contributed by atoms with van der Waals surface area (Å²) in [4.78, 5) is 12.2. The van der Waals surface area contributed by atoms with Gasteiger partial charge in [0, 0.05) is 18.1 Å². The molecule has 0 aromatic heterocycles. The van der Waals surface area contributed by atoms with Crippen molar-refractivity contribution in [1.29, 1.82) is 0 Å². The Morgan fingerprint density at radius 3 is 2.72 bits per heavy atom. The first-order valence-electron chi connectivity index (χ1n) is 12.4. The van der Waals surface area contributed by atoms with Crippen molar-refractivity contribution in [2.75, 3.05) is 0 Å². The molecule has 0 saturated heterocycles. The van der Waals surface area contributed by atoms with E-state index in [4.69, 9.17) is 4.74 Å². The van der Waals surface area contributed by atoms with Crippen molar-refractivity contribution in [3.8, 4) is 11.5 Å². The summed E-state index contributed by atoms with van der Waals surface area (Å²) in [5.41, 5.74) is 4.58. The molecular weight excluding hydrogens is 396 g/mol. The summed E-state index contributed by atoms with van der Waals surface area (Å²) in [6.07, 6.45) is 11.5. The Morgan fingerprint density at radius 2 is 1.88 bits per heavy atom. The third-order valence-electron chi connectivity index (χ3n) is 7.82. The normalized spacial score (nSPS) is 25.2. The fourth-order valence-electron chi connectivity index (χ4n) is 6.36. The molecule has 1 fully saturated rings. The summed E-state index contributed by atoms with van der Waals surface area (Å²) in [5.74, 6) is 2.72. The highest BCUT2D eigenvalue weighted by atomic mass is 16.5. The molecule has 0 unspecified atom stereocenters. The number of fused-ring (bicyclic) bond motifs is 6. The number of aryl methyl sites for hydroxylation is 1. The first-order valence-corrected chi connectivity index (χ1v) is 12.4. The number of aromatic hydroxyl groups is 1. The highest BCUT2D eigenvalue weighted by Crippen LogP contribution is 2.57. The Labute approximate surface area is 191 Å². The monoisotopic (exact) mass is 430 g/mol. The number of ketones is 1. The minimum Gasteiger partial charge on any atom is -0.507 e. The van der Waals surface area contributed by atoms with Crippen molar-refractivity contribution >= 4 is 11.4 Å². The van der Waals surface area contributed by atoms with Gasteiger partial charge in [-0.3, -0.25) is 4.79 Å². The van der Waals surface area contributed by atoms with E-state index in [1.807, 2.05) is 6.08 Å². The van der Waals surface area contributed by atoms with Crippen LogP contribution in [0.5, 0.6) is 11.5 Å². The molecule has 1 N–H and O–H groups in total. The zero-order chi connectivity index (χ0) is 22.1. The minimum atomic E-state index is 0.0881. The number of phenolic OH excluding ortho intramolecular Hbond substituents is 1. The second-order valence-electron chi connectivity index (χ2n) is 9.98. The van der Waals surface area contributed by atoms with Gasteiger partial charge >= 0.3 is 0 Å². The van der Waals surface area contributed by atoms with Crippen LogP contribution in [0.2, 0.25) is 0 Å². The molecule has 0 heterocycles. The Morgan fingerprint density at radius 1 is 1.06 bits per heavy atom. The molecule has 0 aliphatic heterocycles. The zero-order valence-electron chi connectivity index (χ0n) is 19.1. The van der Waals surface area contributed by atoms with E-state index in [9.17, 15) is 9.90 Å². The first-order chi connectivity index (χ1) is 15.6. The van der Waals surface area contributed by atoms with Gasteiger partial charge in [-0.1, -0.05) is 43.2 Å². The van der Waals surface area contributed by atoms with Crippen LogP contribution in [0.1, 0.15) is 80.9 Å². The van der Waals surface area contributed by atoms with Crippen LogP contribution in [-0.4, -0.2) is 17.0 Å². The van der Waals surface area contributed by atoms with Crippen LogP contribution in [0.25, 0.3) is 5.57 Å². The van der Waals surface area contributed by atoms with Gasteiger partial charge in [0.25, 0.3) is 0 Å². The summed E-state index contributed by atoms with van der Waals surface area (Å²) < 4.78 is 6.29. The van der Waals surface area contributed by atoms with Crippen molar-refractivity contribution in [2.24, 2.45) is 11.8 Å². The molecule has 2 aromatic carbocycles. The molecule has 4 atom stereocenters. The second kappa shape index (κ2) is 9.13. The molecule has 2 aromatic rings. The maximum atomic E-state index is 12.2. The van der Waals surface area contributed by atoms with Crippen molar-refractivity contribution in [3.63, 3.8) is 0 Å². The number of hydrogen-bond donors (Lipinski definition) is 1. The lowest BCUT2D eigenvalue weighted by molar-refractivity contribution is -0.115. The molecule has 3 nitrogen and oxygen atoms in total. The molecule has 0 radical (unpaired) electrons. The molecule has 3 aliphatic rings. The van der Waals surface area contributed by atoms with E-state index in [1.165, 1.54) is 36.8 Å². The van der Waals surface area contributed by atoms with Crippen molar-refractivity contribution in [3.05, 3.63) is 65.2 Å². The van der Waals surface area contributed by atoms with Gasteiger partial charge in [-0.05, 0) is 92.0 Å². The maximum absolute atomic E-state index is 12.2. The van der Waals surface area contributed by atoms with E-state index in [0.717, 1.165) is 42.6 Å². The van der Waals surface area contributed by atoms with Gasteiger partial charge in [0.1, 0.15) is 11.5 Å². The SMILES string of the molecule is C[C@H](CCCc1ccccc1)Oc1cc(O)c2c(c1)[C@H]1CCCC[C@@H]1[C@H]1CCC(=O)C=C21. The zero-order valence-corrected chi connectivity index (χ0v) is 19.1. The summed E-state index contributed by atoms with van der Waals surface area (Å²) >= 11 is 0. The standard InChI is InChI=1S/C29H34O3/c1-19(8-7-11-20-9-3-2-4-10-20)32-22-17-27-24-13-6-5-12-23(24)25-15-14-21(30)16-26(25)29(27)28(31)18-22/h2-4,9-10,16-19,23-25,31H,5-8,11-15H2,1H3/t19-,23+,24+,25-/m1/s1. The predicted octanol–water partition coefficient (Wildman–Crippen LogP) is 6.83. The third-order valence-corrected chi connectivity index (χ3v) is 7.82. The second-order valence-corrected chi connectivity index (χ2v) is 9.98. The van der Waals surface area contributed by atoms with Gasteiger partial charge in [-0.25, -0.2) is 0 Å². The first kappa shape index (κ1) is 21.3. The molecule has 0 bridgehead atoms. The van der Waals surface area contributed by atoms with Crippen LogP contribution < -0.4 is 4.74 Å². The average Bonchev–Trinajstić information content (AvgIpc) is 2.79.